The summed E-state index contributed by atoms with van der Waals surface area (Å²) < 4.78 is 0. The Labute approximate surface area is 180 Å². The Hall–Kier alpha value is -3.41. The molecule has 2 aliphatic carbocycles. The zero-order valence-electron chi connectivity index (χ0n) is 17.0. The molecule has 1 fully saturated rings. The summed E-state index contributed by atoms with van der Waals surface area (Å²) in [5.41, 5.74) is 2.40. The number of nitrogens with zero attached hydrogens (tertiary/aromatic N) is 2. The predicted molar refractivity (Wildman–Crippen MR) is 115 cm³/mol. The number of anilines is 1. The molecular weight excluding hydrogens is 390 g/mol. The van der Waals surface area contributed by atoms with Gasteiger partial charge in [-0.05, 0) is 48.8 Å². The number of amides is 3. The molecule has 0 unspecified atom stereocenters. The molecular formula is C25H23N3O3. The number of benzene rings is 2. The summed E-state index contributed by atoms with van der Waals surface area (Å²) in [6, 6.07) is 14.5. The van der Waals surface area contributed by atoms with Crippen molar-refractivity contribution in [1.29, 1.82) is 0 Å². The monoisotopic (exact) mass is 413 g/mol. The summed E-state index contributed by atoms with van der Waals surface area (Å²) in [5.74, 6) is 1.14. The number of rotatable bonds is 4. The van der Waals surface area contributed by atoms with Crippen LogP contribution in [0.4, 0.5) is 5.69 Å². The molecule has 6 rings (SSSR count). The molecule has 1 saturated carbocycles. The van der Waals surface area contributed by atoms with Gasteiger partial charge in [-0.15, -0.1) is 0 Å². The van der Waals surface area contributed by atoms with Gasteiger partial charge in [-0.2, -0.15) is 0 Å². The fourth-order valence-electron chi connectivity index (χ4n) is 5.72. The maximum absolute atomic E-state index is 13.4. The SMILES string of the molecule is O=C(CN1C(=O)c2ccccc2N2C(=O)c3ccccc3[C@H]12)NC[C@@H]1C[C@H]2C=C[C@H]1C2. The predicted octanol–water partition coefficient (Wildman–Crippen LogP) is 3.13. The Balaban J connectivity index is 1.28. The molecule has 31 heavy (non-hydrogen) atoms. The normalized spacial score (nSPS) is 27.4. The van der Waals surface area contributed by atoms with Gasteiger partial charge in [0.25, 0.3) is 11.8 Å². The van der Waals surface area contributed by atoms with Gasteiger partial charge in [-0.25, -0.2) is 0 Å². The smallest absolute Gasteiger partial charge is 0.260 e. The van der Waals surface area contributed by atoms with Gasteiger partial charge in [0.05, 0.1) is 11.3 Å². The first-order valence-electron chi connectivity index (χ1n) is 10.9. The molecule has 6 nitrogen and oxygen atoms in total. The van der Waals surface area contributed by atoms with Crippen molar-refractivity contribution in [1.82, 2.24) is 10.2 Å². The van der Waals surface area contributed by atoms with Crippen LogP contribution in [0.2, 0.25) is 0 Å². The number of fused-ring (bicyclic) bond motifs is 7. The van der Waals surface area contributed by atoms with Crippen LogP contribution in [0, 0.1) is 17.8 Å². The molecule has 6 heteroatoms. The molecule has 2 aromatic rings. The summed E-state index contributed by atoms with van der Waals surface area (Å²) in [6.45, 7) is 0.555. The highest BCUT2D eigenvalue weighted by Gasteiger charge is 2.48. The van der Waals surface area contributed by atoms with E-state index in [0.717, 1.165) is 12.0 Å². The van der Waals surface area contributed by atoms with Crippen LogP contribution in [-0.4, -0.2) is 35.7 Å². The van der Waals surface area contributed by atoms with Crippen molar-refractivity contribution < 1.29 is 14.4 Å². The Kier molecular flexibility index (Phi) is 4.03. The average Bonchev–Trinajstić information content (AvgIpc) is 3.49. The first kappa shape index (κ1) is 18.4. The second-order valence-corrected chi connectivity index (χ2v) is 8.93. The summed E-state index contributed by atoms with van der Waals surface area (Å²) >= 11 is 0. The fraction of sp³-hybridized carbons (Fsp3) is 0.320. The lowest BCUT2D eigenvalue weighted by Crippen LogP contribution is -2.51. The minimum atomic E-state index is -0.595. The minimum Gasteiger partial charge on any atom is -0.354 e. The van der Waals surface area contributed by atoms with E-state index in [1.54, 1.807) is 29.2 Å². The van der Waals surface area contributed by atoms with Crippen LogP contribution in [0.25, 0.3) is 0 Å². The average molecular weight is 413 g/mol. The zero-order valence-corrected chi connectivity index (χ0v) is 17.0. The molecule has 4 aliphatic rings. The van der Waals surface area contributed by atoms with E-state index in [9.17, 15) is 14.4 Å². The van der Waals surface area contributed by atoms with Gasteiger partial charge in [0.2, 0.25) is 5.91 Å². The lowest BCUT2D eigenvalue weighted by Gasteiger charge is -2.40. The van der Waals surface area contributed by atoms with Gasteiger partial charge in [-0.1, -0.05) is 42.5 Å². The van der Waals surface area contributed by atoms with Crippen molar-refractivity contribution in [2.75, 3.05) is 18.0 Å². The molecule has 3 amide bonds. The maximum atomic E-state index is 13.4. The largest absolute Gasteiger partial charge is 0.354 e. The molecule has 0 saturated heterocycles. The van der Waals surface area contributed by atoms with Crippen LogP contribution in [0.15, 0.2) is 60.7 Å². The topological polar surface area (TPSA) is 69.7 Å². The summed E-state index contributed by atoms with van der Waals surface area (Å²) in [4.78, 5) is 42.6. The molecule has 0 spiro atoms. The van der Waals surface area contributed by atoms with E-state index in [-0.39, 0.29) is 24.3 Å². The standard InChI is InChI=1S/C25H23N3O3/c29-22(26-13-17-12-15-9-10-16(17)11-15)14-27-23-18-5-1-2-6-19(18)25(31)28(23)21-8-4-3-7-20(21)24(27)30/h1-10,15-17,23H,11-14H2,(H,26,29)/t15-,16-,17-,23+/m0/s1. The highest BCUT2D eigenvalue weighted by atomic mass is 16.2. The lowest BCUT2D eigenvalue weighted by atomic mass is 9.93. The summed E-state index contributed by atoms with van der Waals surface area (Å²) in [6.07, 6.45) is 6.28. The van der Waals surface area contributed by atoms with Crippen LogP contribution in [0.5, 0.6) is 0 Å². The van der Waals surface area contributed by atoms with Crippen molar-refractivity contribution in [3.05, 3.63) is 77.4 Å². The Bertz CT molecular complexity index is 1140. The molecule has 2 bridgehead atoms. The molecule has 1 N–H and O–H groups in total. The van der Waals surface area contributed by atoms with E-state index in [1.165, 1.54) is 11.3 Å². The Morgan fingerprint density at radius 2 is 1.71 bits per heavy atom. The molecule has 4 atom stereocenters. The minimum absolute atomic E-state index is 0.0768. The van der Waals surface area contributed by atoms with Gasteiger partial charge >= 0.3 is 0 Å². The van der Waals surface area contributed by atoms with E-state index in [2.05, 4.69) is 17.5 Å². The molecule has 156 valence electrons. The Morgan fingerprint density at radius 1 is 0.935 bits per heavy atom. The third-order valence-electron chi connectivity index (χ3n) is 7.17. The molecule has 2 aliphatic heterocycles. The van der Waals surface area contributed by atoms with Crippen molar-refractivity contribution in [3.63, 3.8) is 0 Å². The first-order valence-corrected chi connectivity index (χ1v) is 10.9. The number of nitrogens with one attached hydrogen (secondary N) is 1. The van der Waals surface area contributed by atoms with Crippen molar-refractivity contribution in [2.45, 2.75) is 19.0 Å². The number of para-hydroxylation sites is 1. The third-order valence-corrected chi connectivity index (χ3v) is 7.17. The lowest BCUT2D eigenvalue weighted by molar-refractivity contribution is -0.122. The molecule has 2 aromatic carbocycles. The quantitative estimate of drug-likeness (QED) is 0.783. The number of carbonyl (C=O) groups excluding carboxylic acids is 3. The first-order chi connectivity index (χ1) is 15.1. The van der Waals surface area contributed by atoms with Crippen LogP contribution < -0.4 is 10.2 Å². The van der Waals surface area contributed by atoms with E-state index in [0.29, 0.717) is 41.1 Å². The number of carbonyl (C=O) groups is 3. The van der Waals surface area contributed by atoms with E-state index in [4.69, 9.17) is 0 Å². The van der Waals surface area contributed by atoms with Crippen LogP contribution in [-0.2, 0) is 4.79 Å². The second kappa shape index (κ2) is 6.80. The van der Waals surface area contributed by atoms with E-state index >= 15 is 0 Å². The molecule has 0 radical (unpaired) electrons. The number of hydrogen-bond donors (Lipinski definition) is 1. The fourth-order valence-corrected chi connectivity index (χ4v) is 5.72. The van der Waals surface area contributed by atoms with Crippen LogP contribution in [0.3, 0.4) is 0 Å². The number of allylic oxidation sites excluding steroid dienone is 2. The van der Waals surface area contributed by atoms with Crippen molar-refractivity contribution in [2.24, 2.45) is 17.8 Å². The van der Waals surface area contributed by atoms with Crippen LogP contribution in [0.1, 0.15) is 45.3 Å². The van der Waals surface area contributed by atoms with Gasteiger partial charge in [-0.3, -0.25) is 19.3 Å². The van der Waals surface area contributed by atoms with Crippen LogP contribution >= 0.6 is 0 Å². The highest BCUT2D eigenvalue weighted by Crippen LogP contribution is 2.45. The summed E-state index contributed by atoms with van der Waals surface area (Å²) in [7, 11) is 0. The van der Waals surface area contributed by atoms with Gasteiger partial charge in [0, 0.05) is 17.7 Å². The van der Waals surface area contributed by atoms with E-state index in [1.807, 2.05) is 24.3 Å². The van der Waals surface area contributed by atoms with Crippen molar-refractivity contribution >= 4 is 23.4 Å². The van der Waals surface area contributed by atoms with Crippen molar-refractivity contribution in [3.8, 4) is 0 Å². The van der Waals surface area contributed by atoms with Gasteiger partial charge in [0.1, 0.15) is 12.7 Å². The Morgan fingerprint density at radius 3 is 2.48 bits per heavy atom. The third kappa shape index (κ3) is 2.74. The molecule has 0 aromatic heterocycles. The van der Waals surface area contributed by atoms with E-state index < -0.39 is 6.17 Å². The second-order valence-electron chi connectivity index (χ2n) is 8.93. The number of hydrogen-bond acceptors (Lipinski definition) is 3. The molecule has 2 heterocycles. The summed E-state index contributed by atoms with van der Waals surface area (Å²) in [5, 5.41) is 3.05. The van der Waals surface area contributed by atoms with Gasteiger partial charge in [0.15, 0.2) is 0 Å². The zero-order chi connectivity index (χ0) is 21.1. The highest BCUT2D eigenvalue weighted by molar-refractivity contribution is 6.17. The maximum Gasteiger partial charge on any atom is 0.260 e. The van der Waals surface area contributed by atoms with Gasteiger partial charge < -0.3 is 10.2 Å².